The van der Waals surface area contributed by atoms with Crippen LogP contribution in [-0.4, -0.2) is 31.7 Å². The van der Waals surface area contributed by atoms with Crippen molar-refractivity contribution in [2.45, 2.75) is 38.5 Å². The normalized spacial score (nSPS) is 18.1. The second-order valence-electron chi connectivity index (χ2n) is 7.42. The lowest BCUT2D eigenvalue weighted by atomic mass is 9.98. The number of sulfonamides is 1. The molecule has 1 aliphatic rings. The van der Waals surface area contributed by atoms with Crippen LogP contribution >= 0.6 is 11.6 Å². The van der Waals surface area contributed by atoms with E-state index in [0.717, 1.165) is 22.4 Å². The Kier molecular flexibility index (Phi) is 6.12. The van der Waals surface area contributed by atoms with Gasteiger partial charge < -0.3 is 5.32 Å². The van der Waals surface area contributed by atoms with E-state index in [1.165, 1.54) is 16.4 Å². The summed E-state index contributed by atoms with van der Waals surface area (Å²) in [5.74, 6) is -0.512. The van der Waals surface area contributed by atoms with E-state index < -0.39 is 10.0 Å². The van der Waals surface area contributed by atoms with E-state index in [0.29, 0.717) is 24.4 Å². The van der Waals surface area contributed by atoms with Crippen molar-refractivity contribution >= 4 is 33.2 Å². The number of hydrogen-bond acceptors (Lipinski definition) is 3. The van der Waals surface area contributed by atoms with Crippen molar-refractivity contribution in [3.8, 4) is 0 Å². The van der Waals surface area contributed by atoms with Crippen molar-refractivity contribution in [2.75, 3.05) is 18.4 Å². The molecule has 1 atom stereocenters. The van der Waals surface area contributed by atoms with Gasteiger partial charge in [-0.2, -0.15) is 4.31 Å². The molecule has 3 rings (SSSR count). The van der Waals surface area contributed by atoms with E-state index in [9.17, 15) is 13.2 Å². The van der Waals surface area contributed by atoms with Gasteiger partial charge in [-0.15, -0.1) is 0 Å². The highest BCUT2D eigenvalue weighted by atomic mass is 35.5. The quantitative estimate of drug-likeness (QED) is 0.801. The Morgan fingerprint density at radius 1 is 1.11 bits per heavy atom. The summed E-state index contributed by atoms with van der Waals surface area (Å²) in [4.78, 5) is 13.1. The van der Waals surface area contributed by atoms with Gasteiger partial charge in [0, 0.05) is 23.8 Å². The molecule has 2 aromatic rings. The van der Waals surface area contributed by atoms with Crippen LogP contribution in [-0.2, 0) is 14.8 Å². The lowest BCUT2D eigenvalue weighted by Gasteiger charge is -2.31. The van der Waals surface area contributed by atoms with Gasteiger partial charge in [0.25, 0.3) is 0 Å². The number of hydrogen-bond donors (Lipinski definition) is 1. The molecule has 1 N–H and O–H groups in total. The van der Waals surface area contributed by atoms with Crippen molar-refractivity contribution in [2.24, 2.45) is 5.92 Å². The first kappa shape index (κ1) is 20.8. The maximum atomic E-state index is 12.9. The molecule has 0 unspecified atom stereocenters. The average molecular weight is 421 g/mol. The topological polar surface area (TPSA) is 66.5 Å². The Hall–Kier alpha value is -1.89. The Bertz CT molecular complexity index is 964. The Labute approximate surface area is 171 Å². The second kappa shape index (κ2) is 8.23. The molecule has 7 heteroatoms. The predicted molar refractivity (Wildman–Crippen MR) is 112 cm³/mol. The van der Waals surface area contributed by atoms with Crippen LogP contribution in [0.3, 0.4) is 0 Å². The van der Waals surface area contributed by atoms with Crippen molar-refractivity contribution in [3.05, 3.63) is 58.1 Å². The van der Waals surface area contributed by atoms with Gasteiger partial charge in [0.05, 0.1) is 10.8 Å². The number of anilines is 1. The molecule has 0 radical (unpaired) electrons. The summed E-state index contributed by atoms with van der Waals surface area (Å²) in [6, 6.07) is 10.2. The van der Waals surface area contributed by atoms with E-state index in [4.69, 9.17) is 11.6 Å². The number of benzene rings is 2. The standard InChI is InChI=1S/C21H25ClN2O3S/c1-14-11-15(2)20(16(3)12-14)23-21(25)17-5-4-10-24(13-17)28(26,27)19-8-6-18(22)7-9-19/h6-9,11-12,17H,4-5,10,13H2,1-3H3,(H,23,25)/t17-/m0/s1. The fourth-order valence-corrected chi connectivity index (χ4v) is 5.38. The van der Waals surface area contributed by atoms with Crippen LogP contribution in [0, 0.1) is 26.7 Å². The average Bonchev–Trinajstić information content (AvgIpc) is 2.65. The van der Waals surface area contributed by atoms with E-state index in [1.807, 2.05) is 32.9 Å². The fourth-order valence-electron chi connectivity index (χ4n) is 3.73. The molecule has 28 heavy (non-hydrogen) atoms. The summed E-state index contributed by atoms with van der Waals surface area (Å²) < 4.78 is 27.2. The zero-order valence-corrected chi connectivity index (χ0v) is 17.9. The predicted octanol–water partition coefficient (Wildman–Crippen LogP) is 4.30. The van der Waals surface area contributed by atoms with Crippen LogP contribution in [0.4, 0.5) is 5.69 Å². The lowest BCUT2D eigenvalue weighted by molar-refractivity contribution is -0.120. The molecule has 1 heterocycles. The van der Waals surface area contributed by atoms with Gasteiger partial charge >= 0.3 is 0 Å². The summed E-state index contributed by atoms with van der Waals surface area (Å²) in [5, 5.41) is 3.50. The highest BCUT2D eigenvalue weighted by Gasteiger charge is 2.33. The van der Waals surface area contributed by atoms with Crippen LogP contribution < -0.4 is 5.32 Å². The number of nitrogens with zero attached hydrogens (tertiary/aromatic N) is 1. The summed E-state index contributed by atoms with van der Waals surface area (Å²) in [6.45, 7) is 6.55. The van der Waals surface area contributed by atoms with Crippen molar-refractivity contribution in [1.29, 1.82) is 0 Å². The molecule has 1 aliphatic heterocycles. The van der Waals surface area contributed by atoms with Gasteiger partial charge in [0.15, 0.2) is 0 Å². The first-order valence-corrected chi connectivity index (χ1v) is 11.1. The zero-order chi connectivity index (χ0) is 20.5. The van der Waals surface area contributed by atoms with Crippen LogP contribution in [0.5, 0.6) is 0 Å². The molecule has 2 aromatic carbocycles. The van der Waals surface area contributed by atoms with Crippen molar-refractivity contribution in [1.82, 2.24) is 4.31 Å². The Balaban J connectivity index is 1.76. The van der Waals surface area contributed by atoms with Crippen LogP contribution in [0.25, 0.3) is 0 Å². The third-order valence-electron chi connectivity index (χ3n) is 5.13. The van der Waals surface area contributed by atoms with Gasteiger partial charge in [-0.3, -0.25) is 4.79 Å². The van der Waals surface area contributed by atoms with E-state index >= 15 is 0 Å². The number of piperidine rings is 1. The van der Waals surface area contributed by atoms with Gasteiger partial charge in [-0.05, 0) is 69.0 Å². The van der Waals surface area contributed by atoms with E-state index in [-0.39, 0.29) is 23.3 Å². The first-order valence-electron chi connectivity index (χ1n) is 9.33. The number of carbonyl (C=O) groups is 1. The van der Waals surface area contributed by atoms with Gasteiger partial charge in [0.2, 0.25) is 15.9 Å². The second-order valence-corrected chi connectivity index (χ2v) is 9.79. The van der Waals surface area contributed by atoms with Gasteiger partial charge in [-0.25, -0.2) is 8.42 Å². The molecule has 5 nitrogen and oxygen atoms in total. The molecular formula is C21H25ClN2O3S. The maximum absolute atomic E-state index is 12.9. The van der Waals surface area contributed by atoms with Gasteiger partial charge in [-0.1, -0.05) is 29.3 Å². The number of amides is 1. The molecule has 1 fully saturated rings. The number of carbonyl (C=O) groups excluding carboxylic acids is 1. The largest absolute Gasteiger partial charge is 0.325 e. The third kappa shape index (κ3) is 4.40. The molecule has 0 spiro atoms. The molecule has 0 saturated carbocycles. The van der Waals surface area contributed by atoms with Crippen molar-refractivity contribution in [3.63, 3.8) is 0 Å². The molecule has 150 valence electrons. The molecule has 0 bridgehead atoms. The van der Waals surface area contributed by atoms with Crippen LogP contribution in [0.15, 0.2) is 41.3 Å². The van der Waals surface area contributed by atoms with Gasteiger partial charge in [0.1, 0.15) is 0 Å². The number of nitrogens with one attached hydrogen (secondary N) is 1. The molecule has 1 saturated heterocycles. The smallest absolute Gasteiger partial charge is 0.243 e. The van der Waals surface area contributed by atoms with E-state index in [2.05, 4.69) is 5.32 Å². The Morgan fingerprint density at radius 2 is 1.71 bits per heavy atom. The Morgan fingerprint density at radius 3 is 2.32 bits per heavy atom. The molecule has 1 amide bonds. The van der Waals surface area contributed by atoms with E-state index in [1.54, 1.807) is 12.1 Å². The monoisotopic (exact) mass is 420 g/mol. The molecule has 0 aliphatic carbocycles. The highest BCUT2D eigenvalue weighted by molar-refractivity contribution is 7.89. The summed E-state index contributed by atoms with van der Waals surface area (Å²) >= 11 is 5.86. The molecule has 0 aromatic heterocycles. The third-order valence-corrected chi connectivity index (χ3v) is 7.26. The van der Waals surface area contributed by atoms with Crippen LogP contribution in [0.1, 0.15) is 29.5 Å². The minimum atomic E-state index is -3.65. The summed E-state index contributed by atoms with van der Waals surface area (Å²) in [7, 11) is -3.65. The fraction of sp³-hybridized carbons (Fsp3) is 0.381. The summed E-state index contributed by atoms with van der Waals surface area (Å²) in [6.07, 6.45) is 1.32. The highest BCUT2D eigenvalue weighted by Crippen LogP contribution is 2.27. The summed E-state index contributed by atoms with van der Waals surface area (Å²) in [5.41, 5.74) is 3.97. The number of halogens is 1. The zero-order valence-electron chi connectivity index (χ0n) is 16.3. The lowest BCUT2D eigenvalue weighted by Crippen LogP contribution is -2.43. The van der Waals surface area contributed by atoms with Crippen molar-refractivity contribution < 1.29 is 13.2 Å². The molecular weight excluding hydrogens is 396 g/mol. The minimum absolute atomic E-state index is 0.133. The number of aryl methyl sites for hydroxylation is 3. The maximum Gasteiger partial charge on any atom is 0.243 e. The minimum Gasteiger partial charge on any atom is -0.325 e. The SMILES string of the molecule is Cc1cc(C)c(NC(=O)[C@H]2CCCN(S(=O)(=O)c3ccc(Cl)cc3)C2)c(C)c1. The first-order chi connectivity index (χ1) is 13.2. The van der Waals surface area contributed by atoms with Crippen LogP contribution in [0.2, 0.25) is 5.02 Å². The number of rotatable bonds is 4.